The largest absolute Gasteiger partial charge is 0.572 e. The van der Waals surface area contributed by atoms with Crippen LogP contribution in [0.1, 0.15) is 32.3 Å². The Morgan fingerprint density at radius 1 is 1.20 bits per heavy atom. The zero-order chi connectivity index (χ0) is 29.7. The molecule has 220 valence electrons. The Morgan fingerprint density at radius 2 is 1.93 bits per heavy atom. The number of hydrogen-bond acceptors (Lipinski definition) is 6. The van der Waals surface area contributed by atoms with Gasteiger partial charge < -0.3 is 24.6 Å². The maximum atomic E-state index is 13.3. The monoisotopic (exact) mass is 590 g/mol. The highest BCUT2D eigenvalue weighted by molar-refractivity contribution is 7.85. The minimum absolute atomic E-state index is 0.00260. The number of allylic oxidation sites excluding steroid dienone is 4. The van der Waals surface area contributed by atoms with E-state index in [1.54, 1.807) is 43.3 Å². The second-order valence-corrected chi connectivity index (χ2v) is 11.4. The Balaban J connectivity index is 1.59. The predicted molar refractivity (Wildman–Crippen MR) is 152 cm³/mol. The van der Waals surface area contributed by atoms with Gasteiger partial charge in [0.1, 0.15) is 5.76 Å². The van der Waals surface area contributed by atoms with Crippen molar-refractivity contribution in [2.75, 3.05) is 39.0 Å². The summed E-state index contributed by atoms with van der Waals surface area (Å²) in [6.45, 7) is 6.48. The van der Waals surface area contributed by atoms with Gasteiger partial charge in [-0.1, -0.05) is 6.08 Å². The lowest BCUT2D eigenvalue weighted by atomic mass is 10.0. The summed E-state index contributed by atoms with van der Waals surface area (Å²) in [6.07, 6.45) is 1.85. The van der Waals surface area contributed by atoms with Crippen LogP contribution < -0.4 is 0 Å². The molecule has 3 aliphatic rings. The first kappa shape index (κ1) is 30.3. The molecule has 1 aliphatic carbocycles. The van der Waals surface area contributed by atoms with Crippen LogP contribution in [0, 0.1) is 0 Å². The maximum Gasteiger partial charge on any atom is 0.572 e. The van der Waals surface area contributed by atoms with Crippen molar-refractivity contribution in [2.45, 2.75) is 37.9 Å². The van der Waals surface area contributed by atoms with Gasteiger partial charge in [0.05, 0.1) is 33.5 Å². The zero-order valence-corrected chi connectivity index (χ0v) is 23.9. The normalized spacial score (nSPS) is 19.9. The van der Waals surface area contributed by atoms with E-state index in [1.807, 2.05) is 18.9 Å². The van der Waals surface area contributed by atoms with Gasteiger partial charge in [0.15, 0.2) is 5.88 Å². The molecule has 1 fully saturated rings. The molecule has 1 amide bonds. The number of carbonyl (C=O) groups is 1. The molecule has 1 saturated heterocycles. The highest BCUT2D eigenvalue weighted by atomic mass is 32.2. The quantitative estimate of drug-likeness (QED) is 0.486. The molecule has 8 nitrogen and oxygen atoms in total. The Bertz CT molecular complexity index is 1430. The van der Waals surface area contributed by atoms with Crippen molar-refractivity contribution < 1.29 is 32.0 Å². The number of ether oxygens (including phenoxy) is 1. The standard InChI is InChI=1S/C29H33F3N4O4S/c1-19-25(34-20(2)26(19)28(38)36-14-12-35(3)13-15-36)17-22-9-10-24(8-5-11-33-27(22)37)41(39)18-21-6-4-7-23(16-21)40-29(30,31)32/h5-6,8-11,16-17,33,37H,4,7,12-15,18H2,1-3H3. The number of rotatable bonds is 6. The number of halogens is 3. The Labute approximate surface area is 239 Å². The molecule has 0 spiro atoms. The Hall–Kier alpha value is -3.64. The number of aromatic hydroxyl groups is 1. The second-order valence-electron chi connectivity index (χ2n) is 10.00. The highest BCUT2D eigenvalue weighted by Crippen LogP contribution is 2.30. The molecule has 1 unspecified atom stereocenters. The molecule has 1 aromatic heterocycles. The first-order chi connectivity index (χ1) is 19.4. The number of aromatic amines is 1. The number of carbonyl (C=O) groups excluding carboxylic acids is 1. The molecule has 1 aromatic rings. The SMILES string of the molecule is CC1=NC(=Cc2ccc(S(=O)CC3=CCCC(OC(F)(F)F)=C3)ccc[nH]c2O)C(C)=C1C(=O)N1CCN(C)CC1. The number of nitrogens with one attached hydrogen (secondary N) is 1. The van der Waals surface area contributed by atoms with Crippen LogP contribution in [0.5, 0.6) is 5.88 Å². The molecule has 0 aromatic carbocycles. The lowest BCUT2D eigenvalue weighted by molar-refractivity contribution is -0.306. The molecule has 4 rings (SSSR count). The number of aromatic nitrogens is 1. The first-order valence-electron chi connectivity index (χ1n) is 13.2. The third-order valence-corrected chi connectivity index (χ3v) is 8.33. The van der Waals surface area contributed by atoms with Crippen LogP contribution in [0.4, 0.5) is 13.2 Å². The molecular weight excluding hydrogens is 557 g/mol. The number of nitrogens with zero attached hydrogens (tertiary/aromatic N) is 3. The van der Waals surface area contributed by atoms with Crippen molar-refractivity contribution in [2.24, 2.45) is 4.99 Å². The van der Waals surface area contributed by atoms with Crippen LogP contribution in [0.3, 0.4) is 0 Å². The van der Waals surface area contributed by atoms with Crippen LogP contribution in [0.2, 0.25) is 0 Å². The first-order valence-corrected chi connectivity index (χ1v) is 14.5. The average Bonchev–Trinajstić information content (AvgIpc) is 3.22. The Kier molecular flexibility index (Phi) is 9.54. The number of H-pyrrole nitrogens is 1. The zero-order valence-electron chi connectivity index (χ0n) is 23.1. The molecule has 41 heavy (non-hydrogen) atoms. The van der Waals surface area contributed by atoms with E-state index in [0.29, 0.717) is 58.1 Å². The number of aliphatic imine (C=N–C) groups is 1. The summed E-state index contributed by atoms with van der Waals surface area (Å²) in [5.41, 5.74) is 3.20. The van der Waals surface area contributed by atoms with E-state index in [1.165, 1.54) is 12.3 Å². The molecule has 2 aliphatic heterocycles. The predicted octanol–water partition coefficient (Wildman–Crippen LogP) is 5.00. The third kappa shape index (κ3) is 7.98. The summed E-state index contributed by atoms with van der Waals surface area (Å²) in [5, 5.41) is 10.7. The maximum absolute atomic E-state index is 13.3. The minimum Gasteiger partial charge on any atom is -0.494 e. The summed E-state index contributed by atoms with van der Waals surface area (Å²) in [4.78, 5) is 25.0. The van der Waals surface area contributed by atoms with E-state index in [9.17, 15) is 27.3 Å². The van der Waals surface area contributed by atoms with Crippen molar-refractivity contribution in [3.8, 4) is 5.88 Å². The number of alkyl halides is 3. The van der Waals surface area contributed by atoms with Gasteiger partial charge in [-0.15, -0.1) is 13.2 Å². The fourth-order valence-electron chi connectivity index (χ4n) is 4.72. The van der Waals surface area contributed by atoms with Gasteiger partial charge in [0.2, 0.25) is 0 Å². The molecular formula is C29H33F3N4O4S. The van der Waals surface area contributed by atoms with Gasteiger partial charge in [0.25, 0.3) is 5.91 Å². The van der Waals surface area contributed by atoms with Gasteiger partial charge in [-0.3, -0.25) is 14.0 Å². The van der Waals surface area contributed by atoms with Crippen LogP contribution >= 0.6 is 0 Å². The van der Waals surface area contributed by atoms with Crippen molar-refractivity contribution in [3.63, 3.8) is 0 Å². The van der Waals surface area contributed by atoms with Crippen molar-refractivity contribution in [1.29, 1.82) is 0 Å². The molecule has 0 radical (unpaired) electrons. The van der Waals surface area contributed by atoms with Gasteiger partial charge in [-0.25, -0.2) is 0 Å². The number of amides is 1. The van der Waals surface area contributed by atoms with Crippen molar-refractivity contribution in [3.05, 3.63) is 76.4 Å². The van der Waals surface area contributed by atoms with E-state index in [0.717, 1.165) is 13.1 Å². The molecule has 12 heteroatoms. The van der Waals surface area contributed by atoms with Crippen molar-refractivity contribution in [1.82, 2.24) is 14.8 Å². The number of hydrogen-bond donors (Lipinski definition) is 2. The van der Waals surface area contributed by atoms with E-state index >= 15 is 0 Å². The van der Waals surface area contributed by atoms with Crippen molar-refractivity contribution >= 4 is 28.5 Å². The van der Waals surface area contributed by atoms with Gasteiger partial charge in [0, 0.05) is 49.3 Å². The second kappa shape index (κ2) is 12.9. The van der Waals surface area contributed by atoms with Crippen LogP contribution in [-0.4, -0.2) is 81.1 Å². The summed E-state index contributed by atoms with van der Waals surface area (Å²) in [5.74, 6) is -0.452. The van der Waals surface area contributed by atoms with E-state index in [2.05, 4.69) is 19.6 Å². The average molecular weight is 591 g/mol. The molecule has 0 bridgehead atoms. The molecule has 1 atom stereocenters. The van der Waals surface area contributed by atoms with E-state index < -0.39 is 17.2 Å². The molecule has 2 N–H and O–H groups in total. The van der Waals surface area contributed by atoms with E-state index in [4.69, 9.17) is 0 Å². The fourth-order valence-corrected chi connectivity index (χ4v) is 5.84. The van der Waals surface area contributed by atoms with Crippen LogP contribution in [-0.2, 0) is 20.3 Å². The lowest BCUT2D eigenvalue weighted by Gasteiger charge is -2.32. The minimum atomic E-state index is -4.78. The Morgan fingerprint density at radius 3 is 2.63 bits per heavy atom. The topological polar surface area (TPSA) is 98.2 Å². The van der Waals surface area contributed by atoms with Crippen LogP contribution in [0.25, 0.3) is 6.08 Å². The summed E-state index contributed by atoms with van der Waals surface area (Å²) >= 11 is 0. The third-order valence-electron chi connectivity index (χ3n) is 6.93. The number of piperazine rings is 1. The summed E-state index contributed by atoms with van der Waals surface area (Å²) in [7, 11) is 0.423. The number of likely N-dealkylation sites (N-methyl/N-ethyl adjacent to an activating group) is 1. The van der Waals surface area contributed by atoms with Gasteiger partial charge in [-0.05, 0) is 74.9 Å². The van der Waals surface area contributed by atoms with Crippen LogP contribution in [0.15, 0.2) is 80.7 Å². The highest BCUT2D eigenvalue weighted by Gasteiger charge is 2.32. The van der Waals surface area contributed by atoms with Gasteiger partial charge >= 0.3 is 6.36 Å². The fraction of sp³-hybridized carbons (Fsp3) is 0.379. The lowest BCUT2D eigenvalue weighted by Crippen LogP contribution is -2.48. The molecule has 3 heterocycles. The summed E-state index contributed by atoms with van der Waals surface area (Å²) in [6, 6.07) is 6.33. The van der Waals surface area contributed by atoms with Gasteiger partial charge in [-0.2, -0.15) is 0 Å². The summed E-state index contributed by atoms with van der Waals surface area (Å²) < 4.78 is 55.1. The van der Waals surface area contributed by atoms with E-state index in [-0.39, 0.29) is 29.7 Å². The molecule has 0 saturated carbocycles. The smallest absolute Gasteiger partial charge is 0.494 e.